The molecule has 1 aromatic carbocycles. The Balaban J connectivity index is 1.30. The molecule has 2 amide bonds. The summed E-state index contributed by atoms with van der Waals surface area (Å²) in [6.45, 7) is 8.70. The first-order valence-electron chi connectivity index (χ1n) is 11.0. The van der Waals surface area contributed by atoms with Crippen molar-refractivity contribution in [2.24, 2.45) is 10.8 Å². The lowest BCUT2D eigenvalue weighted by molar-refractivity contribution is -0.135. The van der Waals surface area contributed by atoms with Crippen LogP contribution in [-0.2, 0) is 20.9 Å². The molecule has 0 unspecified atom stereocenters. The molecule has 0 spiro atoms. The van der Waals surface area contributed by atoms with Gasteiger partial charge in [-0.25, -0.2) is 4.79 Å². The zero-order chi connectivity index (χ0) is 21.5. The van der Waals surface area contributed by atoms with Gasteiger partial charge in [0, 0.05) is 32.1 Å². The number of esters is 1. The maximum atomic E-state index is 12.8. The van der Waals surface area contributed by atoms with Crippen molar-refractivity contribution in [3.05, 3.63) is 35.4 Å². The fraction of sp³-hybridized carbons (Fsp3) is 0.625. The highest BCUT2D eigenvalue weighted by Gasteiger charge is 2.50. The highest BCUT2D eigenvalue weighted by Crippen LogP contribution is 2.52. The van der Waals surface area contributed by atoms with Crippen molar-refractivity contribution in [3.63, 3.8) is 0 Å². The standard InChI is InChI=1S/C24H32N2O4/c1-23(2)11-19-12-24(3,15-23)16-26(19)21(28)14-30-22(29)18-8-6-17(7-9-18)13-25-10-4-5-20(25)27/h6-9,19H,4-5,10-16H2,1-3H3/t19-,24-/m0/s1. The number of ether oxygens (including phenoxy) is 1. The molecule has 162 valence electrons. The van der Waals surface area contributed by atoms with Gasteiger partial charge in [0.2, 0.25) is 5.91 Å². The summed E-state index contributed by atoms with van der Waals surface area (Å²) < 4.78 is 5.33. The number of hydrogen-bond donors (Lipinski definition) is 0. The van der Waals surface area contributed by atoms with Crippen LogP contribution in [0.4, 0.5) is 0 Å². The minimum atomic E-state index is -0.485. The van der Waals surface area contributed by atoms with Crippen LogP contribution in [-0.4, -0.2) is 53.3 Å². The Morgan fingerprint density at radius 2 is 1.87 bits per heavy atom. The van der Waals surface area contributed by atoms with Gasteiger partial charge in [0.15, 0.2) is 6.61 Å². The Hall–Kier alpha value is -2.37. The molecule has 1 aromatic rings. The van der Waals surface area contributed by atoms with Gasteiger partial charge in [-0.1, -0.05) is 32.9 Å². The van der Waals surface area contributed by atoms with Gasteiger partial charge in [-0.2, -0.15) is 0 Å². The lowest BCUT2D eigenvalue weighted by Crippen LogP contribution is -2.39. The minimum absolute atomic E-state index is 0.0982. The van der Waals surface area contributed by atoms with Gasteiger partial charge in [-0.3, -0.25) is 9.59 Å². The zero-order valence-electron chi connectivity index (χ0n) is 18.3. The summed E-state index contributed by atoms with van der Waals surface area (Å²) >= 11 is 0. The van der Waals surface area contributed by atoms with E-state index in [-0.39, 0.29) is 35.3 Å². The third-order valence-electron chi connectivity index (χ3n) is 6.80. The summed E-state index contributed by atoms with van der Waals surface area (Å²) in [6.07, 6.45) is 4.69. The molecule has 6 heteroatoms. The molecule has 4 rings (SSSR count). The number of rotatable bonds is 5. The Morgan fingerprint density at radius 3 is 2.53 bits per heavy atom. The molecular formula is C24H32N2O4. The molecule has 0 N–H and O–H groups in total. The van der Waals surface area contributed by atoms with Gasteiger partial charge in [0.05, 0.1) is 5.56 Å². The quantitative estimate of drug-likeness (QED) is 0.696. The molecule has 2 bridgehead atoms. The number of carbonyl (C=O) groups excluding carboxylic acids is 3. The molecule has 2 heterocycles. The maximum absolute atomic E-state index is 12.8. The number of likely N-dealkylation sites (tertiary alicyclic amines) is 2. The predicted molar refractivity (Wildman–Crippen MR) is 113 cm³/mol. The third-order valence-corrected chi connectivity index (χ3v) is 6.80. The van der Waals surface area contributed by atoms with Crippen molar-refractivity contribution in [2.75, 3.05) is 19.7 Å². The average molecular weight is 413 g/mol. The monoisotopic (exact) mass is 412 g/mol. The van der Waals surface area contributed by atoms with Crippen LogP contribution in [0, 0.1) is 10.8 Å². The molecule has 2 aliphatic heterocycles. The first-order chi connectivity index (χ1) is 14.1. The normalized spacial score (nSPS) is 27.4. The van der Waals surface area contributed by atoms with E-state index >= 15 is 0 Å². The highest BCUT2D eigenvalue weighted by atomic mass is 16.5. The molecule has 0 radical (unpaired) electrons. The Labute approximate surface area is 178 Å². The first kappa shape index (κ1) is 20.9. The van der Waals surface area contributed by atoms with Gasteiger partial charge < -0.3 is 14.5 Å². The average Bonchev–Trinajstić information content (AvgIpc) is 3.18. The highest BCUT2D eigenvalue weighted by molar-refractivity contribution is 5.91. The lowest BCUT2D eigenvalue weighted by atomic mass is 9.65. The molecule has 0 aromatic heterocycles. The van der Waals surface area contributed by atoms with Gasteiger partial charge in [-0.05, 0) is 54.2 Å². The van der Waals surface area contributed by atoms with Crippen LogP contribution in [0.1, 0.15) is 68.8 Å². The van der Waals surface area contributed by atoms with Crippen LogP contribution < -0.4 is 0 Å². The maximum Gasteiger partial charge on any atom is 0.338 e. The molecule has 3 fully saturated rings. The molecule has 2 saturated heterocycles. The van der Waals surface area contributed by atoms with E-state index in [0.29, 0.717) is 18.5 Å². The molecule has 3 aliphatic rings. The van der Waals surface area contributed by atoms with E-state index < -0.39 is 5.97 Å². The fourth-order valence-corrected chi connectivity index (χ4v) is 5.88. The Kier molecular flexibility index (Phi) is 5.37. The summed E-state index contributed by atoms with van der Waals surface area (Å²) in [5.74, 6) is -0.402. The van der Waals surface area contributed by atoms with Crippen molar-refractivity contribution < 1.29 is 19.1 Å². The van der Waals surface area contributed by atoms with Crippen molar-refractivity contribution in [2.45, 2.75) is 65.5 Å². The van der Waals surface area contributed by atoms with Crippen LogP contribution in [0.5, 0.6) is 0 Å². The minimum Gasteiger partial charge on any atom is -0.452 e. The predicted octanol–water partition coefficient (Wildman–Crippen LogP) is 3.39. The van der Waals surface area contributed by atoms with E-state index in [1.54, 1.807) is 12.1 Å². The van der Waals surface area contributed by atoms with Crippen LogP contribution in [0.3, 0.4) is 0 Å². The van der Waals surface area contributed by atoms with Gasteiger partial charge in [-0.15, -0.1) is 0 Å². The van der Waals surface area contributed by atoms with E-state index in [1.165, 1.54) is 0 Å². The molecule has 6 nitrogen and oxygen atoms in total. The van der Waals surface area contributed by atoms with Crippen LogP contribution in [0.2, 0.25) is 0 Å². The van der Waals surface area contributed by atoms with Crippen molar-refractivity contribution in [3.8, 4) is 0 Å². The largest absolute Gasteiger partial charge is 0.452 e. The number of nitrogens with zero attached hydrogens (tertiary/aromatic N) is 2. The van der Waals surface area contributed by atoms with Gasteiger partial charge in [0.25, 0.3) is 5.91 Å². The smallest absolute Gasteiger partial charge is 0.338 e. The van der Waals surface area contributed by atoms with E-state index in [4.69, 9.17) is 4.74 Å². The topological polar surface area (TPSA) is 66.9 Å². The number of fused-ring (bicyclic) bond motifs is 2. The number of carbonyl (C=O) groups is 3. The van der Waals surface area contributed by atoms with Crippen LogP contribution in [0.25, 0.3) is 0 Å². The fourth-order valence-electron chi connectivity index (χ4n) is 5.88. The second-order valence-corrected chi connectivity index (χ2v) is 10.4. The second-order valence-electron chi connectivity index (χ2n) is 10.4. The van der Waals surface area contributed by atoms with Crippen LogP contribution in [0.15, 0.2) is 24.3 Å². The molecular weight excluding hydrogens is 380 g/mol. The van der Waals surface area contributed by atoms with Crippen molar-refractivity contribution in [1.82, 2.24) is 9.80 Å². The Bertz CT molecular complexity index is 847. The summed E-state index contributed by atoms with van der Waals surface area (Å²) in [5, 5.41) is 0. The number of benzene rings is 1. The van der Waals surface area contributed by atoms with Crippen molar-refractivity contribution in [1.29, 1.82) is 0 Å². The van der Waals surface area contributed by atoms with E-state index in [1.807, 2.05) is 21.9 Å². The SMILES string of the molecule is CC1(C)C[C@H]2C[C@](C)(CN2C(=O)COC(=O)c2ccc(CN3CCCC3=O)cc2)C1. The molecule has 2 atom stereocenters. The summed E-state index contributed by atoms with van der Waals surface area (Å²) in [7, 11) is 0. The summed E-state index contributed by atoms with van der Waals surface area (Å²) in [5.41, 5.74) is 1.81. The van der Waals surface area contributed by atoms with E-state index in [9.17, 15) is 14.4 Å². The summed E-state index contributed by atoms with van der Waals surface area (Å²) in [6, 6.07) is 7.34. The lowest BCUT2D eigenvalue weighted by Gasteiger charge is -2.39. The van der Waals surface area contributed by atoms with E-state index in [2.05, 4.69) is 20.8 Å². The summed E-state index contributed by atoms with van der Waals surface area (Å²) in [4.78, 5) is 40.7. The molecule has 1 aliphatic carbocycles. The first-order valence-corrected chi connectivity index (χ1v) is 11.0. The van der Waals surface area contributed by atoms with Gasteiger partial charge in [0.1, 0.15) is 0 Å². The van der Waals surface area contributed by atoms with Crippen LogP contribution >= 0.6 is 0 Å². The molecule has 30 heavy (non-hydrogen) atoms. The molecule has 1 saturated carbocycles. The third kappa shape index (κ3) is 4.37. The van der Waals surface area contributed by atoms with Gasteiger partial charge >= 0.3 is 5.97 Å². The Morgan fingerprint density at radius 1 is 1.13 bits per heavy atom. The second kappa shape index (κ2) is 7.71. The number of hydrogen-bond acceptors (Lipinski definition) is 4. The van der Waals surface area contributed by atoms with E-state index in [0.717, 1.165) is 44.3 Å². The zero-order valence-corrected chi connectivity index (χ0v) is 18.3. The van der Waals surface area contributed by atoms with Crippen molar-refractivity contribution >= 4 is 17.8 Å². The number of amides is 2.